The van der Waals surface area contributed by atoms with Gasteiger partial charge in [0.15, 0.2) is 5.82 Å². The Kier molecular flexibility index (Phi) is 10.9. The van der Waals surface area contributed by atoms with Crippen molar-refractivity contribution in [2.75, 3.05) is 44.2 Å². The molecule has 0 radical (unpaired) electrons. The minimum absolute atomic E-state index is 0.0561. The number of nitrogens with one attached hydrogen (secondary N) is 1. The SMILES string of the molecule is CCN(C(=O)c1cc(F)ccc1Oc1nncnc1N1CCC2(C1)CN([C@H](CCCNC(=O)OC(C)(C)C)C(C)C)C2)C(C)C. The molecule has 1 aromatic heterocycles. The van der Waals surface area contributed by atoms with Crippen molar-refractivity contribution in [3.8, 4) is 11.6 Å². The van der Waals surface area contributed by atoms with Crippen molar-refractivity contribution in [2.45, 2.75) is 92.3 Å². The number of benzene rings is 1. The molecule has 3 heterocycles. The molecule has 2 aromatic rings. The highest BCUT2D eigenvalue weighted by Gasteiger charge is 2.50. The largest absolute Gasteiger partial charge is 0.444 e. The average Bonchev–Trinajstić information content (AvgIpc) is 3.38. The molecule has 1 spiro atoms. The van der Waals surface area contributed by atoms with Crippen molar-refractivity contribution in [1.29, 1.82) is 0 Å². The minimum atomic E-state index is -0.516. The fraction of sp³-hybridized carbons (Fsp3) is 0.667. The first-order chi connectivity index (χ1) is 21.2. The maximum Gasteiger partial charge on any atom is 0.407 e. The highest BCUT2D eigenvalue weighted by molar-refractivity contribution is 5.97. The Morgan fingerprint density at radius 2 is 1.89 bits per heavy atom. The van der Waals surface area contributed by atoms with Gasteiger partial charge in [0.2, 0.25) is 0 Å². The van der Waals surface area contributed by atoms with Gasteiger partial charge in [0.25, 0.3) is 11.8 Å². The zero-order chi connectivity index (χ0) is 32.9. The normalized spacial score (nSPS) is 17.0. The first-order valence-electron chi connectivity index (χ1n) is 16.1. The molecule has 0 bridgehead atoms. The number of carbonyl (C=O) groups excluding carboxylic acids is 2. The number of halogens is 1. The molecule has 1 aromatic carbocycles. The van der Waals surface area contributed by atoms with E-state index in [4.69, 9.17) is 9.47 Å². The molecule has 12 heteroatoms. The van der Waals surface area contributed by atoms with E-state index in [1.54, 1.807) is 4.90 Å². The predicted octanol–water partition coefficient (Wildman–Crippen LogP) is 5.52. The summed E-state index contributed by atoms with van der Waals surface area (Å²) in [7, 11) is 0. The molecule has 1 atom stereocenters. The third kappa shape index (κ3) is 8.59. The molecule has 0 aliphatic carbocycles. The van der Waals surface area contributed by atoms with Crippen molar-refractivity contribution in [2.24, 2.45) is 11.3 Å². The lowest BCUT2D eigenvalue weighted by atomic mass is 9.76. The number of aromatic nitrogens is 3. The molecule has 4 rings (SSSR count). The van der Waals surface area contributed by atoms with Gasteiger partial charge in [0, 0.05) is 56.8 Å². The van der Waals surface area contributed by atoms with Crippen LogP contribution in [0.5, 0.6) is 11.6 Å². The number of nitrogens with zero attached hydrogens (tertiary/aromatic N) is 6. The van der Waals surface area contributed by atoms with E-state index in [0.29, 0.717) is 30.9 Å². The van der Waals surface area contributed by atoms with Crippen LogP contribution in [0.25, 0.3) is 0 Å². The second kappa shape index (κ2) is 14.3. The smallest absolute Gasteiger partial charge is 0.407 e. The molecule has 2 aliphatic heterocycles. The molecule has 45 heavy (non-hydrogen) atoms. The Hall–Kier alpha value is -3.54. The van der Waals surface area contributed by atoms with Crippen LogP contribution in [0, 0.1) is 17.2 Å². The van der Waals surface area contributed by atoms with E-state index in [9.17, 15) is 14.0 Å². The van der Waals surface area contributed by atoms with Crippen LogP contribution in [-0.2, 0) is 4.74 Å². The van der Waals surface area contributed by atoms with Crippen LogP contribution >= 0.6 is 0 Å². The Bertz CT molecular complexity index is 1330. The third-order valence-corrected chi connectivity index (χ3v) is 8.57. The topological polar surface area (TPSA) is 113 Å². The Morgan fingerprint density at radius 3 is 2.53 bits per heavy atom. The summed E-state index contributed by atoms with van der Waals surface area (Å²) in [6, 6.07) is 4.30. The van der Waals surface area contributed by atoms with Crippen LogP contribution in [0.15, 0.2) is 24.5 Å². The Labute approximate surface area is 266 Å². The molecule has 11 nitrogen and oxygen atoms in total. The van der Waals surface area contributed by atoms with Crippen LogP contribution in [0.3, 0.4) is 0 Å². The molecule has 2 fully saturated rings. The molecule has 0 unspecified atom stereocenters. The molecule has 0 saturated carbocycles. The fourth-order valence-corrected chi connectivity index (χ4v) is 6.48. The van der Waals surface area contributed by atoms with Crippen molar-refractivity contribution in [1.82, 2.24) is 30.3 Å². The molecular formula is C33H50FN7O4. The number of ether oxygens (including phenoxy) is 2. The third-order valence-electron chi connectivity index (χ3n) is 8.57. The van der Waals surface area contributed by atoms with Crippen LogP contribution < -0.4 is 15.0 Å². The Morgan fingerprint density at radius 1 is 1.16 bits per heavy atom. The molecule has 2 saturated heterocycles. The first-order valence-corrected chi connectivity index (χ1v) is 16.1. The molecule has 2 amide bonds. The number of rotatable bonds is 12. The van der Waals surface area contributed by atoms with Gasteiger partial charge in [0.1, 0.15) is 23.5 Å². The summed E-state index contributed by atoms with van der Waals surface area (Å²) in [5.41, 5.74) is -0.233. The predicted molar refractivity (Wildman–Crippen MR) is 171 cm³/mol. The van der Waals surface area contributed by atoms with Gasteiger partial charge in [-0.15, -0.1) is 10.2 Å². The maximum atomic E-state index is 14.3. The number of likely N-dealkylation sites (tertiary alicyclic amines) is 1. The maximum absolute atomic E-state index is 14.3. The molecule has 1 N–H and O–H groups in total. The molecule has 2 aliphatic rings. The highest BCUT2D eigenvalue weighted by atomic mass is 19.1. The van der Waals surface area contributed by atoms with Crippen molar-refractivity contribution >= 4 is 17.8 Å². The number of hydrogen-bond donors (Lipinski definition) is 1. The van der Waals surface area contributed by atoms with Gasteiger partial charge in [-0.25, -0.2) is 14.2 Å². The van der Waals surface area contributed by atoms with Gasteiger partial charge in [0.05, 0.1) is 5.56 Å². The van der Waals surface area contributed by atoms with E-state index in [2.05, 4.69) is 44.1 Å². The summed E-state index contributed by atoms with van der Waals surface area (Å²) < 4.78 is 25.8. The van der Waals surface area contributed by atoms with E-state index in [1.165, 1.54) is 24.5 Å². The zero-order valence-electron chi connectivity index (χ0n) is 28.1. The highest BCUT2D eigenvalue weighted by Crippen LogP contribution is 2.44. The first kappa shape index (κ1) is 34.3. The van der Waals surface area contributed by atoms with Crippen LogP contribution in [0.4, 0.5) is 15.0 Å². The summed E-state index contributed by atoms with van der Waals surface area (Å²) >= 11 is 0. The minimum Gasteiger partial charge on any atom is -0.444 e. The second-order valence-electron chi connectivity index (χ2n) is 14.0. The lowest BCUT2D eigenvalue weighted by Crippen LogP contribution is -2.62. The van der Waals surface area contributed by atoms with E-state index in [0.717, 1.165) is 45.4 Å². The lowest BCUT2D eigenvalue weighted by molar-refractivity contribution is -0.0339. The van der Waals surface area contributed by atoms with Gasteiger partial charge >= 0.3 is 6.09 Å². The number of amides is 2. The summed E-state index contributed by atoms with van der Waals surface area (Å²) in [5.74, 6) is 0.631. The molecular weight excluding hydrogens is 577 g/mol. The molecule has 248 valence electrons. The Balaban J connectivity index is 1.39. The van der Waals surface area contributed by atoms with Crippen LogP contribution in [0.1, 0.15) is 85.0 Å². The second-order valence-corrected chi connectivity index (χ2v) is 14.0. The van der Waals surface area contributed by atoms with Crippen LogP contribution in [-0.4, -0.2) is 93.9 Å². The standard InChI is InChI=1S/C33H50FN7O4/c1-9-41(23(4)5)30(42)25-17-24(34)12-13-27(25)44-29-28(36-21-37-38-29)39-16-14-33(18-39)19-40(20-33)26(22(2)3)11-10-15-35-31(43)45-32(6,7)8/h12-13,17,21-23,26H,9-11,14-16,18-20H2,1-8H3,(H,35,43)/t26-/m1/s1. The number of alkyl carbamates (subject to hydrolysis) is 1. The van der Waals surface area contributed by atoms with E-state index >= 15 is 0 Å². The lowest BCUT2D eigenvalue weighted by Gasteiger charge is -2.53. The van der Waals surface area contributed by atoms with E-state index in [1.807, 2.05) is 41.5 Å². The zero-order valence-corrected chi connectivity index (χ0v) is 28.1. The van der Waals surface area contributed by atoms with E-state index < -0.39 is 11.4 Å². The quantitative estimate of drug-likeness (QED) is 0.304. The number of hydrogen-bond acceptors (Lipinski definition) is 9. The van der Waals surface area contributed by atoms with Gasteiger partial charge in [-0.2, -0.15) is 0 Å². The van der Waals surface area contributed by atoms with Gasteiger partial charge in [-0.05, 0) is 84.9 Å². The summed E-state index contributed by atoms with van der Waals surface area (Å²) in [6.45, 7) is 20.5. The summed E-state index contributed by atoms with van der Waals surface area (Å²) in [5, 5.41) is 11.1. The number of anilines is 1. The van der Waals surface area contributed by atoms with Gasteiger partial charge < -0.3 is 24.6 Å². The number of carbonyl (C=O) groups is 2. The van der Waals surface area contributed by atoms with Crippen LogP contribution in [0.2, 0.25) is 0 Å². The summed E-state index contributed by atoms with van der Waals surface area (Å²) in [6.07, 6.45) is 3.91. The monoisotopic (exact) mass is 627 g/mol. The van der Waals surface area contributed by atoms with E-state index in [-0.39, 0.29) is 40.7 Å². The van der Waals surface area contributed by atoms with Gasteiger partial charge in [-0.3, -0.25) is 9.69 Å². The summed E-state index contributed by atoms with van der Waals surface area (Å²) in [4.78, 5) is 36.3. The van der Waals surface area contributed by atoms with Gasteiger partial charge in [-0.1, -0.05) is 13.8 Å². The van der Waals surface area contributed by atoms with Crippen molar-refractivity contribution in [3.05, 3.63) is 35.9 Å². The van der Waals surface area contributed by atoms with Crippen molar-refractivity contribution < 1.29 is 23.5 Å². The average molecular weight is 628 g/mol. The van der Waals surface area contributed by atoms with Crippen molar-refractivity contribution in [3.63, 3.8) is 0 Å². The fourth-order valence-electron chi connectivity index (χ4n) is 6.48.